The van der Waals surface area contributed by atoms with E-state index in [1.54, 1.807) is 18.3 Å². The topological polar surface area (TPSA) is 64.9 Å². The molecular weight excluding hydrogens is 138 g/mol. The van der Waals surface area contributed by atoms with Crippen molar-refractivity contribution in [1.82, 2.24) is 4.98 Å². The molecule has 0 spiro atoms. The van der Waals surface area contributed by atoms with Crippen molar-refractivity contribution in [1.29, 1.82) is 0 Å². The molecule has 0 aromatic carbocycles. The summed E-state index contributed by atoms with van der Waals surface area (Å²) < 4.78 is 0. The Morgan fingerprint density at radius 2 is 2.36 bits per heavy atom. The minimum Gasteiger partial charge on any atom is -0.383 e. The first-order chi connectivity index (χ1) is 5.25. The van der Waals surface area contributed by atoms with Crippen LogP contribution in [-0.2, 0) is 0 Å². The summed E-state index contributed by atoms with van der Waals surface area (Å²) in [6, 6.07) is 3.42. The lowest BCUT2D eigenvalue weighted by molar-refractivity contribution is 0.909. The van der Waals surface area contributed by atoms with Crippen LogP contribution in [0.1, 0.15) is 11.6 Å². The number of pyridine rings is 1. The monoisotopic (exact) mass is 149 g/mol. The smallest absolute Gasteiger partial charge is 0.128 e. The average Bonchev–Trinajstić information content (AvgIpc) is 2.04. The van der Waals surface area contributed by atoms with Crippen LogP contribution in [0, 0.1) is 0 Å². The molecule has 0 amide bonds. The van der Waals surface area contributed by atoms with Gasteiger partial charge in [0.1, 0.15) is 5.82 Å². The molecule has 0 radical (unpaired) electrons. The molecule has 0 aliphatic heterocycles. The van der Waals surface area contributed by atoms with Gasteiger partial charge in [-0.1, -0.05) is 12.1 Å². The van der Waals surface area contributed by atoms with Crippen molar-refractivity contribution in [2.75, 3.05) is 5.73 Å². The second kappa shape index (κ2) is 3.16. The highest BCUT2D eigenvalue weighted by Gasteiger charge is 2.04. The zero-order valence-electron chi connectivity index (χ0n) is 6.20. The SMILES string of the molecule is C=CC(N)c1cccnc1N. The van der Waals surface area contributed by atoms with Crippen molar-refractivity contribution in [3.8, 4) is 0 Å². The molecule has 4 N–H and O–H groups in total. The molecule has 1 rings (SSSR count). The number of aromatic nitrogens is 1. The number of nitrogens with zero attached hydrogens (tertiary/aromatic N) is 1. The molecule has 0 fully saturated rings. The maximum absolute atomic E-state index is 5.66. The van der Waals surface area contributed by atoms with Crippen LogP contribution in [0.2, 0.25) is 0 Å². The van der Waals surface area contributed by atoms with E-state index in [2.05, 4.69) is 11.6 Å². The third-order valence-corrected chi connectivity index (χ3v) is 1.48. The van der Waals surface area contributed by atoms with Gasteiger partial charge in [-0.15, -0.1) is 6.58 Å². The van der Waals surface area contributed by atoms with Crippen LogP contribution in [0.3, 0.4) is 0 Å². The molecule has 11 heavy (non-hydrogen) atoms. The molecule has 1 aromatic rings. The van der Waals surface area contributed by atoms with Gasteiger partial charge in [-0.3, -0.25) is 0 Å². The normalized spacial score (nSPS) is 12.5. The van der Waals surface area contributed by atoms with Crippen molar-refractivity contribution in [2.24, 2.45) is 5.73 Å². The highest BCUT2D eigenvalue weighted by atomic mass is 14.8. The molecule has 1 heterocycles. The van der Waals surface area contributed by atoms with Crippen LogP contribution >= 0.6 is 0 Å². The van der Waals surface area contributed by atoms with Gasteiger partial charge in [-0.05, 0) is 6.07 Å². The molecule has 1 atom stereocenters. The molecule has 3 nitrogen and oxygen atoms in total. The van der Waals surface area contributed by atoms with Crippen LogP contribution in [0.25, 0.3) is 0 Å². The molecule has 1 unspecified atom stereocenters. The Bertz CT molecular complexity index is 257. The van der Waals surface area contributed by atoms with Gasteiger partial charge in [0.25, 0.3) is 0 Å². The summed E-state index contributed by atoms with van der Waals surface area (Å²) in [4.78, 5) is 3.90. The Morgan fingerprint density at radius 3 is 2.91 bits per heavy atom. The lowest BCUT2D eigenvalue weighted by Crippen LogP contribution is -2.09. The number of nitrogens with two attached hydrogens (primary N) is 2. The van der Waals surface area contributed by atoms with Gasteiger partial charge in [-0.2, -0.15) is 0 Å². The minimum absolute atomic E-state index is 0.219. The number of hydrogen-bond acceptors (Lipinski definition) is 3. The molecule has 0 aliphatic carbocycles. The highest BCUT2D eigenvalue weighted by molar-refractivity contribution is 5.42. The van der Waals surface area contributed by atoms with Crippen molar-refractivity contribution in [3.05, 3.63) is 36.5 Å². The third-order valence-electron chi connectivity index (χ3n) is 1.48. The largest absolute Gasteiger partial charge is 0.383 e. The van der Waals surface area contributed by atoms with E-state index in [4.69, 9.17) is 11.5 Å². The minimum atomic E-state index is -0.219. The van der Waals surface area contributed by atoms with E-state index in [1.165, 1.54) is 0 Å². The lowest BCUT2D eigenvalue weighted by Gasteiger charge is -2.07. The molecule has 58 valence electrons. The van der Waals surface area contributed by atoms with Gasteiger partial charge >= 0.3 is 0 Å². The Kier molecular flexibility index (Phi) is 2.23. The van der Waals surface area contributed by atoms with E-state index >= 15 is 0 Å². The first-order valence-corrected chi connectivity index (χ1v) is 3.34. The standard InChI is InChI=1S/C8H11N3/c1-2-7(9)6-4-3-5-11-8(6)10/h2-5,7H,1,9H2,(H2,10,11). The van der Waals surface area contributed by atoms with Gasteiger partial charge < -0.3 is 11.5 Å². The second-order valence-electron chi connectivity index (χ2n) is 2.24. The summed E-state index contributed by atoms with van der Waals surface area (Å²) in [6.45, 7) is 3.57. The molecular formula is C8H11N3. The molecule has 1 aromatic heterocycles. The van der Waals surface area contributed by atoms with E-state index < -0.39 is 0 Å². The number of nitrogen functional groups attached to an aromatic ring is 1. The fourth-order valence-corrected chi connectivity index (χ4v) is 0.839. The molecule has 3 heteroatoms. The quantitative estimate of drug-likeness (QED) is 0.612. The van der Waals surface area contributed by atoms with Gasteiger partial charge in [0.05, 0.1) is 6.04 Å². The first kappa shape index (κ1) is 7.75. The van der Waals surface area contributed by atoms with Crippen molar-refractivity contribution < 1.29 is 0 Å². The summed E-state index contributed by atoms with van der Waals surface area (Å²) in [5, 5.41) is 0. The van der Waals surface area contributed by atoms with Crippen molar-refractivity contribution >= 4 is 5.82 Å². The van der Waals surface area contributed by atoms with Crippen molar-refractivity contribution in [3.63, 3.8) is 0 Å². The summed E-state index contributed by atoms with van der Waals surface area (Å²) >= 11 is 0. The summed E-state index contributed by atoms with van der Waals surface area (Å²) in [7, 11) is 0. The first-order valence-electron chi connectivity index (χ1n) is 3.34. The molecule has 0 bridgehead atoms. The number of anilines is 1. The Hall–Kier alpha value is -1.35. The second-order valence-corrected chi connectivity index (χ2v) is 2.24. The van der Waals surface area contributed by atoms with Gasteiger partial charge in [0, 0.05) is 11.8 Å². The molecule has 0 saturated heterocycles. The summed E-state index contributed by atoms with van der Waals surface area (Å²) in [5.41, 5.74) is 12.0. The fourth-order valence-electron chi connectivity index (χ4n) is 0.839. The predicted octanol–water partition coefficient (Wildman–Crippen LogP) is 0.850. The maximum Gasteiger partial charge on any atom is 0.128 e. The lowest BCUT2D eigenvalue weighted by atomic mass is 10.1. The Balaban J connectivity index is 3.02. The average molecular weight is 149 g/mol. The van der Waals surface area contributed by atoms with Crippen molar-refractivity contribution in [2.45, 2.75) is 6.04 Å². The van der Waals surface area contributed by atoms with Crippen LogP contribution in [-0.4, -0.2) is 4.98 Å². The van der Waals surface area contributed by atoms with E-state index in [0.717, 1.165) is 5.56 Å². The van der Waals surface area contributed by atoms with Gasteiger partial charge in [0.2, 0.25) is 0 Å². The van der Waals surface area contributed by atoms with E-state index in [0.29, 0.717) is 5.82 Å². The Morgan fingerprint density at radius 1 is 1.64 bits per heavy atom. The van der Waals surface area contributed by atoms with E-state index in [9.17, 15) is 0 Å². The number of rotatable bonds is 2. The predicted molar refractivity (Wildman–Crippen MR) is 45.8 cm³/mol. The fraction of sp³-hybridized carbons (Fsp3) is 0.125. The maximum atomic E-state index is 5.66. The van der Waals surface area contributed by atoms with Crippen LogP contribution < -0.4 is 11.5 Å². The summed E-state index contributed by atoms with van der Waals surface area (Å²) in [6.07, 6.45) is 3.27. The molecule has 0 saturated carbocycles. The zero-order valence-corrected chi connectivity index (χ0v) is 6.20. The summed E-state index contributed by atoms with van der Waals surface area (Å²) in [5.74, 6) is 0.472. The van der Waals surface area contributed by atoms with Gasteiger partial charge in [0.15, 0.2) is 0 Å². The Labute approximate surface area is 65.7 Å². The van der Waals surface area contributed by atoms with Crippen LogP contribution in [0.15, 0.2) is 31.0 Å². The van der Waals surface area contributed by atoms with Crippen LogP contribution in [0.4, 0.5) is 5.82 Å². The molecule has 0 aliphatic rings. The number of hydrogen-bond donors (Lipinski definition) is 2. The van der Waals surface area contributed by atoms with E-state index in [1.807, 2.05) is 6.07 Å². The van der Waals surface area contributed by atoms with E-state index in [-0.39, 0.29) is 6.04 Å². The highest BCUT2D eigenvalue weighted by Crippen LogP contribution is 2.15. The van der Waals surface area contributed by atoms with Gasteiger partial charge in [-0.25, -0.2) is 4.98 Å². The zero-order chi connectivity index (χ0) is 8.27. The van der Waals surface area contributed by atoms with Crippen LogP contribution in [0.5, 0.6) is 0 Å². The third kappa shape index (κ3) is 1.56.